The Hall–Kier alpha value is -1.80. The fourth-order valence-corrected chi connectivity index (χ4v) is 2.08. The van der Waals surface area contributed by atoms with E-state index in [9.17, 15) is 5.11 Å². The Kier molecular flexibility index (Phi) is 3.68. The summed E-state index contributed by atoms with van der Waals surface area (Å²) in [6.07, 6.45) is -0.610. The molecule has 2 nitrogen and oxygen atoms in total. The van der Waals surface area contributed by atoms with Crippen molar-refractivity contribution in [3.8, 4) is 5.75 Å². The Labute approximate surface area is 108 Å². The van der Waals surface area contributed by atoms with Crippen LogP contribution in [0.5, 0.6) is 5.75 Å². The molecule has 2 heteroatoms. The molecule has 2 aromatic carbocycles. The molecule has 0 amide bonds. The lowest BCUT2D eigenvalue weighted by Gasteiger charge is -2.15. The third-order valence-electron chi connectivity index (χ3n) is 3.23. The normalized spacial score (nSPS) is 12.2. The molecular weight excluding hydrogens is 224 g/mol. The molecule has 2 rings (SSSR count). The highest BCUT2D eigenvalue weighted by Crippen LogP contribution is 2.28. The summed E-state index contributed by atoms with van der Waals surface area (Å²) in [5, 5.41) is 10.4. The van der Waals surface area contributed by atoms with E-state index in [-0.39, 0.29) is 0 Å². The largest absolute Gasteiger partial charge is 0.496 e. The number of aliphatic hydroxyl groups is 1. The zero-order valence-corrected chi connectivity index (χ0v) is 11.0. The molecule has 0 aliphatic rings. The van der Waals surface area contributed by atoms with Crippen LogP contribution in [0.15, 0.2) is 42.5 Å². The summed E-state index contributed by atoms with van der Waals surface area (Å²) in [6, 6.07) is 13.7. The average molecular weight is 242 g/mol. The van der Waals surface area contributed by atoms with Gasteiger partial charge < -0.3 is 9.84 Å². The van der Waals surface area contributed by atoms with Gasteiger partial charge in [-0.3, -0.25) is 0 Å². The lowest BCUT2D eigenvalue weighted by molar-refractivity contribution is 0.219. The molecule has 18 heavy (non-hydrogen) atoms. The standard InChI is InChI=1S/C16H18O2/c1-11-6-4-5-7-14(11)16(17)13-9-8-12(2)15(10-13)18-3/h4-10,16-17H,1-3H3. The highest BCUT2D eigenvalue weighted by molar-refractivity contribution is 5.41. The van der Waals surface area contributed by atoms with Crippen molar-refractivity contribution in [1.29, 1.82) is 0 Å². The van der Waals surface area contributed by atoms with E-state index in [0.29, 0.717) is 0 Å². The van der Waals surface area contributed by atoms with Gasteiger partial charge in [-0.15, -0.1) is 0 Å². The summed E-state index contributed by atoms with van der Waals surface area (Å²) in [5.74, 6) is 0.806. The highest BCUT2D eigenvalue weighted by Gasteiger charge is 2.13. The molecule has 0 aliphatic carbocycles. The van der Waals surface area contributed by atoms with Crippen LogP contribution in [0.4, 0.5) is 0 Å². The number of methoxy groups -OCH3 is 1. The Morgan fingerprint density at radius 3 is 2.39 bits per heavy atom. The van der Waals surface area contributed by atoms with Gasteiger partial charge in [-0.05, 0) is 42.2 Å². The molecule has 0 spiro atoms. The topological polar surface area (TPSA) is 29.5 Å². The van der Waals surface area contributed by atoms with Crippen molar-refractivity contribution in [3.05, 3.63) is 64.7 Å². The maximum Gasteiger partial charge on any atom is 0.122 e. The van der Waals surface area contributed by atoms with Crippen LogP contribution < -0.4 is 4.74 Å². The molecule has 0 radical (unpaired) electrons. The van der Waals surface area contributed by atoms with Gasteiger partial charge in [0.2, 0.25) is 0 Å². The first-order valence-corrected chi connectivity index (χ1v) is 6.01. The number of hydrogen-bond acceptors (Lipinski definition) is 2. The van der Waals surface area contributed by atoms with E-state index < -0.39 is 6.10 Å². The smallest absolute Gasteiger partial charge is 0.122 e. The zero-order valence-electron chi connectivity index (χ0n) is 11.0. The number of aryl methyl sites for hydroxylation is 2. The number of hydrogen-bond donors (Lipinski definition) is 1. The summed E-state index contributed by atoms with van der Waals surface area (Å²) >= 11 is 0. The third-order valence-corrected chi connectivity index (χ3v) is 3.23. The molecule has 0 saturated heterocycles. The molecule has 1 unspecified atom stereocenters. The van der Waals surface area contributed by atoms with Crippen LogP contribution in [-0.2, 0) is 0 Å². The van der Waals surface area contributed by atoms with Crippen molar-refractivity contribution in [3.63, 3.8) is 0 Å². The summed E-state index contributed by atoms with van der Waals surface area (Å²) in [5.41, 5.74) is 3.94. The van der Waals surface area contributed by atoms with Gasteiger partial charge in [0.05, 0.1) is 7.11 Å². The first kappa shape index (κ1) is 12.7. The fourth-order valence-electron chi connectivity index (χ4n) is 2.08. The second-order valence-corrected chi connectivity index (χ2v) is 4.49. The predicted octanol–water partition coefficient (Wildman–Crippen LogP) is 3.39. The van der Waals surface area contributed by atoms with E-state index in [1.54, 1.807) is 7.11 Å². The van der Waals surface area contributed by atoms with Crippen molar-refractivity contribution in [2.75, 3.05) is 7.11 Å². The first-order chi connectivity index (χ1) is 8.63. The minimum atomic E-state index is -0.610. The molecule has 0 fully saturated rings. The second kappa shape index (κ2) is 5.23. The molecule has 0 bridgehead atoms. The molecule has 0 heterocycles. The Bertz CT molecular complexity index is 547. The highest BCUT2D eigenvalue weighted by atomic mass is 16.5. The molecule has 1 atom stereocenters. The van der Waals surface area contributed by atoms with Crippen molar-refractivity contribution in [2.24, 2.45) is 0 Å². The van der Waals surface area contributed by atoms with E-state index in [1.807, 2.05) is 56.3 Å². The SMILES string of the molecule is COc1cc(C(O)c2ccccc2C)ccc1C. The van der Waals surface area contributed by atoms with Crippen molar-refractivity contribution in [2.45, 2.75) is 20.0 Å². The quantitative estimate of drug-likeness (QED) is 0.894. The molecule has 0 aliphatic heterocycles. The molecular formula is C16H18O2. The summed E-state index contributed by atoms with van der Waals surface area (Å²) in [4.78, 5) is 0. The minimum absolute atomic E-state index is 0.610. The minimum Gasteiger partial charge on any atom is -0.496 e. The number of aliphatic hydroxyl groups excluding tert-OH is 1. The van der Waals surface area contributed by atoms with Crippen molar-refractivity contribution in [1.82, 2.24) is 0 Å². The summed E-state index contributed by atoms with van der Waals surface area (Å²) in [6.45, 7) is 3.99. The molecule has 94 valence electrons. The van der Waals surface area contributed by atoms with Crippen LogP contribution in [0.3, 0.4) is 0 Å². The van der Waals surface area contributed by atoms with Gasteiger partial charge in [-0.2, -0.15) is 0 Å². The Morgan fingerprint density at radius 2 is 1.72 bits per heavy atom. The van der Waals surface area contributed by atoms with Gasteiger partial charge in [-0.25, -0.2) is 0 Å². The maximum atomic E-state index is 10.4. The van der Waals surface area contributed by atoms with Gasteiger partial charge in [-0.1, -0.05) is 36.4 Å². The first-order valence-electron chi connectivity index (χ1n) is 6.01. The van der Waals surface area contributed by atoms with Crippen LogP contribution in [0.25, 0.3) is 0 Å². The van der Waals surface area contributed by atoms with Crippen LogP contribution in [0.1, 0.15) is 28.4 Å². The van der Waals surface area contributed by atoms with Crippen LogP contribution in [-0.4, -0.2) is 12.2 Å². The van der Waals surface area contributed by atoms with E-state index in [4.69, 9.17) is 4.74 Å². The number of benzene rings is 2. The van der Waals surface area contributed by atoms with Gasteiger partial charge in [0.15, 0.2) is 0 Å². The number of rotatable bonds is 3. The van der Waals surface area contributed by atoms with Crippen LogP contribution in [0, 0.1) is 13.8 Å². The molecule has 0 saturated carbocycles. The monoisotopic (exact) mass is 242 g/mol. The fraction of sp³-hybridized carbons (Fsp3) is 0.250. The molecule has 0 aromatic heterocycles. The van der Waals surface area contributed by atoms with Gasteiger partial charge >= 0.3 is 0 Å². The van der Waals surface area contributed by atoms with E-state index >= 15 is 0 Å². The van der Waals surface area contributed by atoms with Gasteiger partial charge in [0.25, 0.3) is 0 Å². The van der Waals surface area contributed by atoms with Crippen LogP contribution >= 0.6 is 0 Å². The third kappa shape index (κ3) is 2.39. The second-order valence-electron chi connectivity index (χ2n) is 4.49. The number of ether oxygens (including phenoxy) is 1. The van der Waals surface area contributed by atoms with Gasteiger partial charge in [0.1, 0.15) is 11.9 Å². The lowest BCUT2D eigenvalue weighted by atomic mass is 9.96. The zero-order chi connectivity index (χ0) is 13.1. The summed E-state index contributed by atoms with van der Waals surface area (Å²) < 4.78 is 5.29. The van der Waals surface area contributed by atoms with E-state index in [0.717, 1.165) is 28.0 Å². The maximum absolute atomic E-state index is 10.4. The van der Waals surface area contributed by atoms with Crippen LogP contribution in [0.2, 0.25) is 0 Å². The Balaban J connectivity index is 2.40. The molecule has 1 N–H and O–H groups in total. The van der Waals surface area contributed by atoms with E-state index in [1.165, 1.54) is 0 Å². The van der Waals surface area contributed by atoms with Gasteiger partial charge in [0, 0.05) is 0 Å². The molecule has 2 aromatic rings. The average Bonchev–Trinajstić information content (AvgIpc) is 2.39. The summed E-state index contributed by atoms with van der Waals surface area (Å²) in [7, 11) is 1.65. The lowest BCUT2D eigenvalue weighted by Crippen LogP contribution is -2.02. The Morgan fingerprint density at radius 1 is 1.00 bits per heavy atom. The van der Waals surface area contributed by atoms with E-state index in [2.05, 4.69) is 0 Å². The van der Waals surface area contributed by atoms with Crippen molar-refractivity contribution >= 4 is 0 Å². The predicted molar refractivity (Wildman–Crippen MR) is 73.0 cm³/mol. The van der Waals surface area contributed by atoms with Crippen molar-refractivity contribution < 1.29 is 9.84 Å².